The molecule has 0 bridgehead atoms. The van der Waals surface area contributed by atoms with E-state index >= 15 is 0 Å². The second-order valence-corrected chi connectivity index (χ2v) is 4.34. The standard InChI is InChI=1S/C13H19N/c1-2-13(14)12-8-7-10-5-3-4-6-11(10)9-12/h7-9,13H,2-6,14H2,1H3/p+1/t13-/m0/s1. The highest BCUT2D eigenvalue weighted by Crippen LogP contribution is 2.24. The van der Waals surface area contributed by atoms with E-state index in [0.717, 1.165) is 6.42 Å². The van der Waals surface area contributed by atoms with Gasteiger partial charge in [-0.3, -0.25) is 0 Å². The maximum Gasteiger partial charge on any atom is 0.110 e. The Morgan fingerprint density at radius 1 is 1.21 bits per heavy atom. The first kappa shape index (κ1) is 9.72. The molecular weight excluding hydrogens is 170 g/mol. The molecule has 1 aromatic rings. The molecule has 76 valence electrons. The zero-order valence-electron chi connectivity index (χ0n) is 9.05. The molecule has 0 aliphatic heterocycles. The topological polar surface area (TPSA) is 27.6 Å². The lowest BCUT2D eigenvalue weighted by Crippen LogP contribution is -2.53. The van der Waals surface area contributed by atoms with Crippen LogP contribution in [0.2, 0.25) is 0 Å². The number of benzene rings is 1. The first-order valence-electron chi connectivity index (χ1n) is 5.76. The van der Waals surface area contributed by atoms with Crippen molar-refractivity contribution >= 4 is 0 Å². The van der Waals surface area contributed by atoms with Crippen molar-refractivity contribution in [2.45, 2.75) is 45.1 Å². The van der Waals surface area contributed by atoms with E-state index in [4.69, 9.17) is 0 Å². The Labute approximate surface area is 86.3 Å². The van der Waals surface area contributed by atoms with Crippen LogP contribution in [0, 0.1) is 0 Å². The van der Waals surface area contributed by atoms with Gasteiger partial charge in [0.25, 0.3) is 0 Å². The monoisotopic (exact) mass is 190 g/mol. The van der Waals surface area contributed by atoms with Crippen LogP contribution in [0.4, 0.5) is 0 Å². The van der Waals surface area contributed by atoms with Gasteiger partial charge in [0.05, 0.1) is 0 Å². The molecule has 0 saturated carbocycles. The molecule has 1 heteroatoms. The summed E-state index contributed by atoms with van der Waals surface area (Å²) in [7, 11) is 0. The van der Waals surface area contributed by atoms with Gasteiger partial charge in [-0.15, -0.1) is 0 Å². The minimum absolute atomic E-state index is 0.474. The van der Waals surface area contributed by atoms with Crippen molar-refractivity contribution in [2.75, 3.05) is 0 Å². The highest BCUT2D eigenvalue weighted by molar-refractivity contribution is 5.34. The van der Waals surface area contributed by atoms with E-state index in [2.05, 4.69) is 30.9 Å². The highest BCUT2D eigenvalue weighted by Gasteiger charge is 2.12. The fraction of sp³-hybridized carbons (Fsp3) is 0.538. The molecule has 0 aromatic heterocycles. The third-order valence-electron chi connectivity index (χ3n) is 3.34. The van der Waals surface area contributed by atoms with Crippen LogP contribution in [0.5, 0.6) is 0 Å². The summed E-state index contributed by atoms with van der Waals surface area (Å²) in [6.45, 7) is 2.21. The molecule has 0 heterocycles. The van der Waals surface area contributed by atoms with Crippen LogP contribution < -0.4 is 5.73 Å². The van der Waals surface area contributed by atoms with Crippen molar-refractivity contribution in [3.63, 3.8) is 0 Å². The van der Waals surface area contributed by atoms with Gasteiger partial charge in [0.1, 0.15) is 6.04 Å². The smallest absolute Gasteiger partial charge is 0.110 e. The van der Waals surface area contributed by atoms with Gasteiger partial charge in [-0.25, -0.2) is 0 Å². The molecule has 0 amide bonds. The van der Waals surface area contributed by atoms with Crippen molar-refractivity contribution in [3.8, 4) is 0 Å². The normalized spacial score (nSPS) is 17.6. The lowest BCUT2D eigenvalue weighted by Gasteiger charge is -2.17. The van der Waals surface area contributed by atoms with E-state index in [0.29, 0.717) is 6.04 Å². The van der Waals surface area contributed by atoms with Crippen molar-refractivity contribution in [2.24, 2.45) is 0 Å². The van der Waals surface area contributed by atoms with Gasteiger partial charge in [0.2, 0.25) is 0 Å². The number of hydrogen-bond acceptors (Lipinski definition) is 0. The molecule has 0 spiro atoms. The third kappa shape index (κ3) is 1.83. The highest BCUT2D eigenvalue weighted by atomic mass is 14.6. The van der Waals surface area contributed by atoms with E-state index in [1.165, 1.54) is 31.2 Å². The maximum absolute atomic E-state index is 4.18. The SMILES string of the molecule is CC[C@H]([NH3+])c1ccc2c(c1)CCCC2. The first-order chi connectivity index (χ1) is 6.81. The van der Waals surface area contributed by atoms with Gasteiger partial charge < -0.3 is 5.73 Å². The minimum Gasteiger partial charge on any atom is -0.351 e. The summed E-state index contributed by atoms with van der Waals surface area (Å²) in [6, 6.07) is 7.45. The third-order valence-corrected chi connectivity index (χ3v) is 3.34. The lowest BCUT2D eigenvalue weighted by molar-refractivity contribution is -0.427. The zero-order valence-corrected chi connectivity index (χ0v) is 9.05. The van der Waals surface area contributed by atoms with E-state index in [-0.39, 0.29) is 0 Å². The molecule has 0 unspecified atom stereocenters. The Balaban J connectivity index is 2.29. The summed E-state index contributed by atoms with van der Waals surface area (Å²) < 4.78 is 0. The summed E-state index contributed by atoms with van der Waals surface area (Å²) in [5.74, 6) is 0. The van der Waals surface area contributed by atoms with Gasteiger partial charge in [-0.1, -0.05) is 19.1 Å². The van der Waals surface area contributed by atoms with E-state index in [1.807, 2.05) is 0 Å². The van der Waals surface area contributed by atoms with Crippen LogP contribution >= 0.6 is 0 Å². The fourth-order valence-corrected chi connectivity index (χ4v) is 2.24. The van der Waals surface area contributed by atoms with Gasteiger partial charge in [0.15, 0.2) is 0 Å². The number of rotatable bonds is 2. The van der Waals surface area contributed by atoms with Crippen molar-refractivity contribution in [1.82, 2.24) is 0 Å². The Bertz CT molecular complexity index is 317. The van der Waals surface area contributed by atoms with Gasteiger partial charge in [-0.05, 0) is 42.9 Å². The average molecular weight is 190 g/mol. The van der Waals surface area contributed by atoms with Crippen LogP contribution in [0.25, 0.3) is 0 Å². The minimum atomic E-state index is 0.474. The molecule has 14 heavy (non-hydrogen) atoms. The summed E-state index contributed by atoms with van der Waals surface area (Å²) in [5.41, 5.74) is 8.75. The predicted octanol–water partition coefficient (Wildman–Crippen LogP) is 2.26. The summed E-state index contributed by atoms with van der Waals surface area (Å²) >= 11 is 0. The fourth-order valence-electron chi connectivity index (χ4n) is 2.24. The first-order valence-corrected chi connectivity index (χ1v) is 5.76. The summed E-state index contributed by atoms with van der Waals surface area (Å²) in [5, 5.41) is 0. The Morgan fingerprint density at radius 3 is 2.64 bits per heavy atom. The molecule has 1 aromatic carbocycles. The zero-order chi connectivity index (χ0) is 9.97. The van der Waals surface area contributed by atoms with Crippen LogP contribution in [0.3, 0.4) is 0 Å². The molecule has 1 atom stereocenters. The molecule has 0 saturated heterocycles. The van der Waals surface area contributed by atoms with Crippen LogP contribution in [0.1, 0.15) is 48.9 Å². The van der Waals surface area contributed by atoms with Gasteiger partial charge >= 0.3 is 0 Å². The lowest BCUT2D eigenvalue weighted by atomic mass is 9.89. The Hall–Kier alpha value is -0.820. The number of fused-ring (bicyclic) bond motifs is 1. The second-order valence-electron chi connectivity index (χ2n) is 4.34. The van der Waals surface area contributed by atoms with Crippen LogP contribution in [-0.2, 0) is 12.8 Å². The van der Waals surface area contributed by atoms with E-state index in [9.17, 15) is 0 Å². The molecule has 0 radical (unpaired) electrons. The molecule has 1 aliphatic carbocycles. The molecule has 1 aliphatic rings. The number of quaternary nitrogens is 1. The van der Waals surface area contributed by atoms with Gasteiger partial charge in [0, 0.05) is 12.0 Å². The molecule has 3 N–H and O–H groups in total. The molecule has 0 fully saturated rings. The number of hydrogen-bond donors (Lipinski definition) is 1. The second kappa shape index (κ2) is 4.14. The van der Waals surface area contributed by atoms with Crippen molar-refractivity contribution < 1.29 is 5.73 Å². The Morgan fingerprint density at radius 2 is 1.93 bits per heavy atom. The maximum atomic E-state index is 4.18. The van der Waals surface area contributed by atoms with E-state index in [1.54, 1.807) is 11.1 Å². The molecule has 1 nitrogen and oxygen atoms in total. The molecular formula is C13H20N+. The average Bonchev–Trinajstić information content (AvgIpc) is 2.27. The largest absolute Gasteiger partial charge is 0.351 e. The van der Waals surface area contributed by atoms with Gasteiger partial charge in [-0.2, -0.15) is 0 Å². The van der Waals surface area contributed by atoms with E-state index < -0.39 is 0 Å². The summed E-state index contributed by atoms with van der Waals surface area (Å²) in [4.78, 5) is 0. The quantitative estimate of drug-likeness (QED) is 0.741. The van der Waals surface area contributed by atoms with Crippen molar-refractivity contribution in [3.05, 3.63) is 34.9 Å². The summed E-state index contributed by atoms with van der Waals surface area (Å²) in [6.07, 6.45) is 6.43. The van der Waals surface area contributed by atoms with Crippen LogP contribution in [0.15, 0.2) is 18.2 Å². The number of aryl methyl sites for hydroxylation is 2. The Kier molecular flexibility index (Phi) is 2.87. The van der Waals surface area contributed by atoms with Crippen LogP contribution in [-0.4, -0.2) is 0 Å². The van der Waals surface area contributed by atoms with Crippen molar-refractivity contribution in [1.29, 1.82) is 0 Å². The molecule has 2 rings (SSSR count). The predicted molar refractivity (Wildman–Crippen MR) is 59.0 cm³/mol.